The third-order valence-corrected chi connectivity index (χ3v) is 3.58. The predicted molar refractivity (Wildman–Crippen MR) is 77.5 cm³/mol. The van der Waals surface area contributed by atoms with Crippen LogP contribution in [0.15, 0.2) is 47.6 Å². The summed E-state index contributed by atoms with van der Waals surface area (Å²) in [4.78, 5) is 12.8. The first-order valence-corrected chi connectivity index (χ1v) is 6.49. The highest BCUT2D eigenvalue weighted by molar-refractivity contribution is 7.78. The molecule has 0 radical (unpaired) electrons. The van der Waals surface area contributed by atoms with Crippen molar-refractivity contribution in [1.82, 2.24) is 9.97 Å². The number of rotatable bonds is 2. The molecule has 0 aliphatic carbocycles. The van der Waals surface area contributed by atoms with Crippen molar-refractivity contribution in [3.8, 4) is 10.7 Å². The number of nitrogens with zero attached hydrogens (tertiary/aromatic N) is 3. The smallest absolute Gasteiger partial charge is 0.143 e. The molecule has 0 aliphatic heterocycles. The number of hydrogen-bond acceptors (Lipinski definition) is 5. The largest absolute Gasteiger partial charge is 0.254 e. The van der Waals surface area contributed by atoms with Gasteiger partial charge in [0.05, 0.1) is 26.8 Å². The van der Waals surface area contributed by atoms with Gasteiger partial charge in [-0.05, 0) is 42.5 Å². The average Bonchev–Trinajstić information content (AvgIpc) is 2.83. The van der Waals surface area contributed by atoms with Crippen LogP contribution >= 0.6 is 23.6 Å². The summed E-state index contributed by atoms with van der Waals surface area (Å²) < 4.78 is 1.11. The summed E-state index contributed by atoms with van der Waals surface area (Å²) in [5.74, 6) is 0. The predicted octanol–water partition coefficient (Wildman–Crippen LogP) is 4.09. The molecular formula is C13H7N3S2. The Morgan fingerprint density at radius 1 is 1.22 bits per heavy atom. The van der Waals surface area contributed by atoms with E-state index in [2.05, 4.69) is 32.3 Å². The number of thiazole rings is 1. The van der Waals surface area contributed by atoms with Crippen molar-refractivity contribution in [1.29, 1.82) is 0 Å². The fourth-order valence-electron chi connectivity index (χ4n) is 1.64. The van der Waals surface area contributed by atoms with Gasteiger partial charge in [-0.15, -0.1) is 11.3 Å². The van der Waals surface area contributed by atoms with Crippen LogP contribution in [0.1, 0.15) is 0 Å². The molecule has 0 amide bonds. The molecule has 0 bridgehead atoms. The molecule has 18 heavy (non-hydrogen) atoms. The van der Waals surface area contributed by atoms with Gasteiger partial charge in [0.25, 0.3) is 0 Å². The van der Waals surface area contributed by atoms with Gasteiger partial charge in [0.1, 0.15) is 5.01 Å². The van der Waals surface area contributed by atoms with Crippen molar-refractivity contribution in [3.63, 3.8) is 0 Å². The van der Waals surface area contributed by atoms with Gasteiger partial charge in [0, 0.05) is 6.20 Å². The molecule has 5 heteroatoms. The van der Waals surface area contributed by atoms with E-state index in [4.69, 9.17) is 0 Å². The first-order chi connectivity index (χ1) is 8.86. The Balaban J connectivity index is 2.14. The van der Waals surface area contributed by atoms with Crippen LogP contribution in [0.2, 0.25) is 0 Å². The van der Waals surface area contributed by atoms with E-state index in [1.807, 2.05) is 36.4 Å². The monoisotopic (exact) mass is 269 g/mol. The van der Waals surface area contributed by atoms with Crippen LogP contribution < -0.4 is 0 Å². The van der Waals surface area contributed by atoms with Gasteiger partial charge in [-0.3, -0.25) is 4.98 Å². The lowest BCUT2D eigenvalue weighted by Crippen LogP contribution is -1.79. The van der Waals surface area contributed by atoms with E-state index >= 15 is 0 Å². The lowest BCUT2D eigenvalue weighted by atomic mass is 10.3. The molecule has 2 heterocycles. The molecule has 0 atom stereocenters. The average molecular weight is 269 g/mol. The molecule has 0 saturated heterocycles. The maximum Gasteiger partial charge on any atom is 0.143 e. The van der Waals surface area contributed by atoms with Crippen LogP contribution in [0.5, 0.6) is 0 Å². The Bertz CT molecular complexity index is 743. The lowest BCUT2D eigenvalue weighted by molar-refractivity contribution is 1.31. The summed E-state index contributed by atoms with van der Waals surface area (Å²) in [6, 6.07) is 11.6. The standard InChI is InChI=1S/C13H7N3S2/c17-8-15-9-4-5-12-11(7-9)16-13(18-12)10-3-1-2-6-14-10/h1-7H. The molecule has 0 fully saturated rings. The number of fused-ring (bicyclic) bond motifs is 1. The van der Waals surface area contributed by atoms with E-state index in [1.54, 1.807) is 17.5 Å². The number of hydrogen-bond donors (Lipinski definition) is 0. The second-order valence-electron chi connectivity index (χ2n) is 3.59. The third-order valence-electron chi connectivity index (χ3n) is 2.43. The van der Waals surface area contributed by atoms with E-state index < -0.39 is 0 Å². The Labute approximate surface area is 113 Å². The van der Waals surface area contributed by atoms with Crippen LogP contribution in [0.25, 0.3) is 20.9 Å². The quantitative estimate of drug-likeness (QED) is 0.519. The fraction of sp³-hybridized carbons (Fsp3) is 0. The number of aliphatic imine (C=N–C) groups is 1. The van der Waals surface area contributed by atoms with Gasteiger partial charge in [0.2, 0.25) is 0 Å². The van der Waals surface area contributed by atoms with Gasteiger partial charge in [-0.2, -0.15) is 4.99 Å². The summed E-state index contributed by atoms with van der Waals surface area (Å²) in [6.45, 7) is 0. The Hall–Kier alpha value is -1.94. The molecule has 86 valence electrons. The molecule has 0 unspecified atom stereocenters. The summed E-state index contributed by atoms with van der Waals surface area (Å²) in [7, 11) is 0. The number of benzene rings is 1. The van der Waals surface area contributed by atoms with E-state index in [1.165, 1.54) is 0 Å². The molecule has 0 aliphatic rings. The highest BCUT2D eigenvalue weighted by Crippen LogP contribution is 2.30. The third kappa shape index (κ3) is 2.07. The second-order valence-corrected chi connectivity index (χ2v) is 4.80. The molecule has 3 rings (SSSR count). The molecule has 2 aromatic heterocycles. The minimum absolute atomic E-state index is 0.773. The van der Waals surface area contributed by atoms with Gasteiger partial charge >= 0.3 is 0 Å². The van der Waals surface area contributed by atoms with Crippen molar-refractivity contribution in [3.05, 3.63) is 42.6 Å². The van der Waals surface area contributed by atoms with Crippen LogP contribution in [0.4, 0.5) is 5.69 Å². The van der Waals surface area contributed by atoms with E-state index in [9.17, 15) is 0 Å². The molecule has 3 aromatic rings. The van der Waals surface area contributed by atoms with Crippen LogP contribution in [-0.2, 0) is 0 Å². The molecule has 1 aromatic carbocycles. The number of pyridine rings is 1. The number of thiocarbonyl (C=S) groups is 1. The molecule has 0 N–H and O–H groups in total. The maximum absolute atomic E-state index is 4.59. The summed E-state index contributed by atoms with van der Waals surface area (Å²) >= 11 is 6.21. The minimum Gasteiger partial charge on any atom is -0.254 e. The van der Waals surface area contributed by atoms with Crippen LogP contribution in [0, 0.1) is 0 Å². The van der Waals surface area contributed by atoms with Gasteiger partial charge in [-0.25, -0.2) is 4.98 Å². The van der Waals surface area contributed by atoms with Gasteiger partial charge < -0.3 is 0 Å². The van der Waals surface area contributed by atoms with Gasteiger partial charge in [0.15, 0.2) is 0 Å². The van der Waals surface area contributed by atoms with Crippen molar-refractivity contribution in [2.75, 3.05) is 0 Å². The normalized spacial score (nSPS) is 10.2. The zero-order valence-electron chi connectivity index (χ0n) is 9.20. The van der Waals surface area contributed by atoms with Gasteiger partial charge in [-0.1, -0.05) is 6.07 Å². The number of isothiocyanates is 1. The van der Waals surface area contributed by atoms with Crippen molar-refractivity contribution in [2.45, 2.75) is 0 Å². The van der Waals surface area contributed by atoms with Crippen LogP contribution in [0.3, 0.4) is 0 Å². The van der Waals surface area contributed by atoms with E-state index in [0.717, 1.165) is 26.6 Å². The molecule has 0 saturated carbocycles. The van der Waals surface area contributed by atoms with Crippen molar-refractivity contribution in [2.24, 2.45) is 4.99 Å². The first kappa shape index (κ1) is 11.2. The highest BCUT2D eigenvalue weighted by Gasteiger charge is 2.07. The first-order valence-electron chi connectivity index (χ1n) is 5.27. The highest BCUT2D eigenvalue weighted by atomic mass is 32.1. The second kappa shape index (κ2) is 4.74. The maximum atomic E-state index is 4.59. The van der Waals surface area contributed by atoms with E-state index in [0.29, 0.717) is 0 Å². The Morgan fingerprint density at radius 3 is 2.94 bits per heavy atom. The minimum atomic E-state index is 0.773. The lowest BCUT2D eigenvalue weighted by Gasteiger charge is -1.91. The number of aromatic nitrogens is 2. The zero-order valence-corrected chi connectivity index (χ0v) is 10.8. The Morgan fingerprint density at radius 2 is 2.17 bits per heavy atom. The van der Waals surface area contributed by atoms with E-state index in [-0.39, 0.29) is 0 Å². The Kier molecular flexibility index (Phi) is 2.94. The molecule has 0 spiro atoms. The summed E-state index contributed by atoms with van der Waals surface area (Å²) in [6.07, 6.45) is 1.77. The molecule has 3 nitrogen and oxygen atoms in total. The van der Waals surface area contributed by atoms with Crippen molar-refractivity contribution < 1.29 is 0 Å². The van der Waals surface area contributed by atoms with Crippen LogP contribution in [-0.4, -0.2) is 15.1 Å². The summed E-state index contributed by atoms with van der Waals surface area (Å²) in [5.41, 5.74) is 2.57. The van der Waals surface area contributed by atoms with Crippen molar-refractivity contribution >= 4 is 44.6 Å². The SMILES string of the molecule is S=C=Nc1ccc2sc(-c3ccccn3)nc2c1. The zero-order chi connectivity index (χ0) is 12.4. The topological polar surface area (TPSA) is 38.1 Å². The summed E-state index contributed by atoms with van der Waals surface area (Å²) in [5, 5.41) is 3.27. The molecular weight excluding hydrogens is 262 g/mol. The fourth-order valence-corrected chi connectivity index (χ4v) is 2.67.